The largest absolute Gasteiger partial charge is 0.493 e. The first-order chi connectivity index (χ1) is 48.0. The first-order valence-corrected chi connectivity index (χ1v) is 37.6. The van der Waals surface area contributed by atoms with E-state index in [0.29, 0.717) is 103 Å². The molecular formula is C70H75F4N9O15S3. The molecule has 31 heteroatoms. The van der Waals surface area contributed by atoms with Crippen LogP contribution in [0.3, 0.4) is 0 Å². The second-order valence-corrected chi connectivity index (χ2v) is 30.0. The fraction of sp³-hybridized carbons (Fsp3) is 0.314. The zero-order chi connectivity index (χ0) is 73.3. The fourth-order valence-electron chi connectivity index (χ4n) is 11.8. The standard InChI is InChI=1S/C25H26FN3O5S.C25H27N3O5S.C20H22F3N3O5S/c1-4-34-22-14-17(9-10-21(22)33-2)20(15-35(3,31)32)29-24-23(28-25(29)30)18(11-12-27-24)13-16-7-5-6-8-19(16)26;1-5-33-22-13-18(11-12-21(22)32-3)20(15-34(4,30)31)28-24-23(27-25(28)29)16(2)19(14-26-24)17-9-7-6-8-10-17;1-4-31-17-7-12(5-6-16(17)30-2)15(11-32(3,28)29)26-19-14(8-13(21)9-24-19)25(20(26)27)10-18(22)23/h5-12,14,20H,4,13,15H2,1-3H3,(H,28,30);6-14,20H,5,15H2,1-4H3,(H,27,29);5-9,15,18H,4,10-11H2,1-3H3/t2*20-;15-/m111/s1. The molecule has 0 spiro atoms. The number of methoxy groups -OCH3 is 3. The van der Waals surface area contributed by atoms with Crippen molar-refractivity contribution in [3.8, 4) is 45.6 Å². The van der Waals surface area contributed by atoms with E-state index in [1.54, 1.807) is 85.9 Å². The van der Waals surface area contributed by atoms with Crippen LogP contribution < -0.4 is 45.5 Å². The number of hydrogen-bond donors (Lipinski definition) is 2. The average Bonchev–Trinajstić information content (AvgIpc) is 1.63. The molecule has 0 fully saturated rings. The summed E-state index contributed by atoms with van der Waals surface area (Å²) >= 11 is 0. The number of benzene rings is 5. The van der Waals surface area contributed by atoms with Crippen LogP contribution in [-0.2, 0) is 42.5 Å². The minimum absolute atomic E-state index is 0.112. The summed E-state index contributed by atoms with van der Waals surface area (Å²) in [6.07, 6.45) is 4.68. The SMILES string of the molecule is CCOc1cc([C@@H](CS(C)(=O)=O)n2c(=O)[nH]c3c(C)c(-c4ccccc4)cnc32)ccc1OC.CCOc1cc([C@@H](CS(C)(=O)=O)n2c(=O)[nH]c3c(Cc4ccccc4F)ccnc32)ccc1OC.CCOc1cc([C@@H](CS(C)(=O)=O)n2c(=O)n(CC(F)F)c3cc(F)cnc32)ccc1OC. The lowest BCUT2D eigenvalue weighted by atomic mass is 10.0. The quantitative estimate of drug-likeness (QED) is 0.0476. The van der Waals surface area contributed by atoms with Gasteiger partial charge in [0.1, 0.15) is 41.1 Å². The zero-order valence-electron chi connectivity index (χ0n) is 56.7. The van der Waals surface area contributed by atoms with Gasteiger partial charge >= 0.3 is 17.1 Å². The van der Waals surface area contributed by atoms with E-state index in [0.717, 1.165) is 52.3 Å². The van der Waals surface area contributed by atoms with Crippen LogP contribution in [0, 0.1) is 18.6 Å². The molecule has 2 N–H and O–H groups in total. The van der Waals surface area contributed by atoms with E-state index >= 15 is 0 Å². The number of ether oxygens (including phenoxy) is 6. The molecule has 11 aromatic rings. The highest BCUT2D eigenvalue weighted by Gasteiger charge is 2.31. The highest BCUT2D eigenvalue weighted by Crippen LogP contribution is 2.37. The summed E-state index contributed by atoms with van der Waals surface area (Å²) in [5, 5.41) is 0. The molecule has 0 aliphatic rings. The molecule has 3 atom stereocenters. The van der Waals surface area contributed by atoms with Gasteiger partial charge in [0, 0.05) is 49.2 Å². The summed E-state index contributed by atoms with van der Waals surface area (Å²) in [5.74, 6) is 0.318. The summed E-state index contributed by atoms with van der Waals surface area (Å²) in [6.45, 7) is 7.43. The molecule has 0 amide bonds. The summed E-state index contributed by atoms with van der Waals surface area (Å²) in [7, 11) is -6.15. The first kappa shape index (κ1) is 74.9. The van der Waals surface area contributed by atoms with Crippen molar-refractivity contribution in [1.82, 2.24) is 43.2 Å². The van der Waals surface area contributed by atoms with Crippen LogP contribution in [0.5, 0.6) is 34.5 Å². The van der Waals surface area contributed by atoms with Crippen LogP contribution in [0.2, 0.25) is 0 Å². The minimum Gasteiger partial charge on any atom is -0.493 e. The Kier molecular flexibility index (Phi) is 23.7. The zero-order valence-corrected chi connectivity index (χ0v) is 59.2. The molecule has 0 unspecified atom stereocenters. The number of imidazole rings is 3. The number of halogens is 4. The van der Waals surface area contributed by atoms with Crippen molar-refractivity contribution in [2.75, 3.05) is 77.2 Å². The van der Waals surface area contributed by atoms with Gasteiger partial charge in [0.05, 0.1) is 106 Å². The Hall–Kier alpha value is -10.3. The molecule has 24 nitrogen and oxygen atoms in total. The Bertz CT molecular complexity index is 5350. The molecule has 5 aromatic carbocycles. The maximum atomic E-state index is 14.3. The van der Waals surface area contributed by atoms with Gasteiger partial charge in [0.25, 0.3) is 6.43 Å². The predicted molar refractivity (Wildman–Crippen MR) is 376 cm³/mol. The van der Waals surface area contributed by atoms with Gasteiger partial charge in [0.2, 0.25) is 0 Å². The van der Waals surface area contributed by atoms with Crippen molar-refractivity contribution in [1.29, 1.82) is 0 Å². The lowest BCUT2D eigenvalue weighted by molar-refractivity contribution is 0.126. The second-order valence-electron chi connectivity index (χ2n) is 23.4. The van der Waals surface area contributed by atoms with Crippen LogP contribution in [0.1, 0.15) is 72.3 Å². The van der Waals surface area contributed by atoms with Gasteiger partial charge in [-0.3, -0.25) is 18.3 Å². The molecule has 536 valence electrons. The number of hydrogen-bond acceptors (Lipinski definition) is 18. The van der Waals surface area contributed by atoms with Crippen molar-refractivity contribution in [3.63, 3.8) is 0 Å². The van der Waals surface area contributed by atoms with Crippen molar-refractivity contribution >= 4 is 63.0 Å². The van der Waals surface area contributed by atoms with E-state index < -0.39 is 89.2 Å². The van der Waals surface area contributed by atoms with Gasteiger partial charge in [-0.1, -0.05) is 66.7 Å². The van der Waals surface area contributed by atoms with Crippen LogP contribution in [-0.4, -0.2) is 152 Å². The lowest BCUT2D eigenvalue weighted by Gasteiger charge is -2.20. The number of H-pyrrole nitrogens is 2. The predicted octanol–water partition coefficient (Wildman–Crippen LogP) is 9.88. The van der Waals surface area contributed by atoms with Crippen molar-refractivity contribution in [2.24, 2.45) is 0 Å². The molecule has 101 heavy (non-hydrogen) atoms. The van der Waals surface area contributed by atoms with Crippen LogP contribution >= 0.6 is 0 Å². The van der Waals surface area contributed by atoms with E-state index in [1.807, 2.05) is 51.1 Å². The number of rotatable bonds is 26. The Morgan fingerprint density at radius 3 is 1.41 bits per heavy atom. The minimum atomic E-state index is -3.66. The smallest absolute Gasteiger partial charge is 0.331 e. The summed E-state index contributed by atoms with van der Waals surface area (Å²) in [4.78, 5) is 58.1. The number of aryl methyl sites for hydroxylation is 1. The van der Waals surface area contributed by atoms with Crippen LogP contribution in [0.4, 0.5) is 17.6 Å². The lowest BCUT2D eigenvalue weighted by Crippen LogP contribution is -2.32. The number of nitrogens with one attached hydrogen (secondary N) is 2. The molecular weight excluding hydrogens is 1380 g/mol. The number of aromatic amines is 2. The Labute approximate surface area is 578 Å². The maximum Gasteiger partial charge on any atom is 0.331 e. The van der Waals surface area contributed by atoms with Crippen molar-refractivity contribution < 1.29 is 71.2 Å². The van der Waals surface area contributed by atoms with Crippen LogP contribution in [0.25, 0.3) is 44.6 Å². The molecule has 0 saturated heterocycles. The number of alkyl halides is 2. The Balaban J connectivity index is 0.000000177. The van der Waals surface area contributed by atoms with Gasteiger partial charge in [-0.2, -0.15) is 0 Å². The molecule has 0 bridgehead atoms. The summed E-state index contributed by atoms with van der Waals surface area (Å²) < 4.78 is 166. The second kappa shape index (κ2) is 31.9. The average molecular weight is 1450 g/mol. The third-order valence-electron chi connectivity index (χ3n) is 16.1. The fourth-order valence-corrected chi connectivity index (χ4v) is 14.5. The maximum absolute atomic E-state index is 14.3. The van der Waals surface area contributed by atoms with E-state index in [4.69, 9.17) is 28.4 Å². The summed E-state index contributed by atoms with van der Waals surface area (Å²) in [6, 6.07) is 30.8. The first-order valence-electron chi connectivity index (χ1n) is 31.5. The third kappa shape index (κ3) is 17.7. The number of sulfone groups is 3. The number of pyridine rings is 3. The van der Waals surface area contributed by atoms with E-state index in [9.17, 15) is 57.2 Å². The van der Waals surface area contributed by atoms with E-state index in [-0.39, 0.29) is 40.6 Å². The topological polar surface area (TPSA) is 299 Å². The molecule has 6 aromatic heterocycles. The van der Waals surface area contributed by atoms with Crippen LogP contribution in [0.15, 0.2) is 154 Å². The van der Waals surface area contributed by atoms with Gasteiger partial charge in [-0.15, -0.1) is 0 Å². The van der Waals surface area contributed by atoms with Crippen molar-refractivity contribution in [2.45, 2.75) is 65.2 Å². The van der Waals surface area contributed by atoms with E-state index in [1.165, 1.54) is 48.8 Å². The normalized spacial score (nSPS) is 12.7. The Morgan fingerprint density at radius 2 is 0.950 bits per heavy atom. The van der Waals surface area contributed by atoms with E-state index in [2.05, 4.69) is 24.9 Å². The molecule has 6 heterocycles. The van der Waals surface area contributed by atoms with Gasteiger partial charge in [-0.05, 0) is 115 Å². The highest BCUT2D eigenvalue weighted by molar-refractivity contribution is 7.91. The van der Waals surface area contributed by atoms with Crippen molar-refractivity contribution in [3.05, 3.63) is 216 Å². The third-order valence-corrected chi connectivity index (χ3v) is 18.9. The number of aromatic nitrogens is 9. The van der Waals surface area contributed by atoms with Gasteiger partial charge < -0.3 is 38.4 Å². The number of nitrogens with zero attached hydrogens (tertiary/aromatic N) is 7. The highest BCUT2D eigenvalue weighted by atomic mass is 32.2. The Morgan fingerprint density at radius 1 is 0.505 bits per heavy atom. The monoisotopic (exact) mass is 1450 g/mol. The molecule has 0 radical (unpaired) electrons. The van der Waals surface area contributed by atoms with Gasteiger partial charge in [0.15, 0.2) is 51.4 Å². The molecule has 0 aliphatic heterocycles. The van der Waals surface area contributed by atoms with Gasteiger partial charge in [-0.25, -0.2) is 72.2 Å². The molecule has 0 saturated carbocycles. The summed E-state index contributed by atoms with van der Waals surface area (Å²) in [5.41, 5.74) is 4.89. The molecule has 0 aliphatic carbocycles. The molecule has 11 rings (SSSR count). The number of fused-ring (bicyclic) bond motifs is 3.